The number of anilines is 1. The maximum absolute atomic E-state index is 12.3. The SMILES string of the molecule is Cc1cccc(NC(=O)COC(=O)CCN2C(=O)[C@@H]3CC=CC[C@H]3C2=O)c1. The Kier molecular flexibility index (Phi) is 5.69. The number of carbonyl (C=O) groups excluding carboxylic acids is 4. The first-order chi connectivity index (χ1) is 13.0. The number of likely N-dealkylation sites (tertiary alicyclic amines) is 1. The molecule has 1 N–H and O–H groups in total. The highest BCUT2D eigenvalue weighted by atomic mass is 16.5. The molecule has 1 aromatic carbocycles. The highest BCUT2D eigenvalue weighted by molar-refractivity contribution is 6.05. The molecule has 3 rings (SSSR count). The summed E-state index contributed by atoms with van der Waals surface area (Å²) in [5.74, 6) is -2.13. The molecular formula is C20H22N2O5. The number of carbonyl (C=O) groups is 4. The number of nitrogens with one attached hydrogen (secondary N) is 1. The van der Waals surface area contributed by atoms with Crippen LogP contribution in [0.2, 0.25) is 0 Å². The molecule has 0 spiro atoms. The molecule has 2 aliphatic rings. The Morgan fingerprint density at radius 3 is 2.44 bits per heavy atom. The summed E-state index contributed by atoms with van der Waals surface area (Å²) in [5, 5.41) is 2.64. The average molecular weight is 370 g/mol. The van der Waals surface area contributed by atoms with Crippen molar-refractivity contribution in [2.75, 3.05) is 18.5 Å². The van der Waals surface area contributed by atoms with E-state index in [2.05, 4.69) is 5.32 Å². The number of imide groups is 1. The lowest BCUT2D eigenvalue weighted by molar-refractivity contribution is -0.148. The van der Waals surface area contributed by atoms with Crippen molar-refractivity contribution in [2.24, 2.45) is 11.8 Å². The third-order valence-corrected chi connectivity index (χ3v) is 4.80. The molecule has 0 unspecified atom stereocenters. The van der Waals surface area contributed by atoms with Crippen LogP contribution in [-0.4, -0.2) is 41.7 Å². The molecule has 7 nitrogen and oxygen atoms in total. The van der Waals surface area contributed by atoms with Gasteiger partial charge in [-0.05, 0) is 37.5 Å². The Balaban J connectivity index is 1.43. The molecule has 0 saturated carbocycles. The van der Waals surface area contributed by atoms with Gasteiger partial charge in [-0.25, -0.2) is 0 Å². The van der Waals surface area contributed by atoms with Gasteiger partial charge in [0.1, 0.15) is 0 Å². The summed E-state index contributed by atoms with van der Waals surface area (Å²) in [6.07, 6.45) is 4.83. The molecule has 2 atom stereocenters. The largest absolute Gasteiger partial charge is 0.456 e. The third-order valence-electron chi connectivity index (χ3n) is 4.80. The van der Waals surface area contributed by atoms with Crippen LogP contribution in [0, 0.1) is 18.8 Å². The van der Waals surface area contributed by atoms with Crippen LogP contribution in [0.1, 0.15) is 24.8 Å². The first-order valence-electron chi connectivity index (χ1n) is 8.98. The number of allylic oxidation sites excluding steroid dienone is 2. The van der Waals surface area contributed by atoms with E-state index >= 15 is 0 Å². The minimum absolute atomic E-state index is 0.0109. The van der Waals surface area contributed by atoms with Gasteiger partial charge in [0, 0.05) is 12.2 Å². The predicted molar refractivity (Wildman–Crippen MR) is 97.5 cm³/mol. The topological polar surface area (TPSA) is 92.8 Å². The van der Waals surface area contributed by atoms with Crippen molar-refractivity contribution in [3.63, 3.8) is 0 Å². The molecule has 1 aliphatic carbocycles. The molecule has 1 aliphatic heterocycles. The lowest BCUT2D eigenvalue weighted by Gasteiger charge is -2.14. The molecule has 3 amide bonds. The van der Waals surface area contributed by atoms with Crippen LogP contribution in [0.5, 0.6) is 0 Å². The fourth-order valence-corrected chi connectivity index (χ4v) is 3.43. The number of benzene rings is 1. The average Bonchev–Trinajstić information content (AvgIpc) is 2.89. The zero-order chi connectivity index (χ0) is 19.4. The molecule has 1 fully saturated rings. The second kappa shape index (κ2) is 8.16. The van der Waals surface area contributed by atoms with E-state index in [4.69, 9.17) is 4.74 Å². The van der Waals surface area contributed by atoms with Crippen LogP contribution < -0.4 is 5.32 Å². The summed E-state index contributed by atoms with van der Waals surface area (Å²) in [6.45, 7) is 1.48. The van der Waals surface area contributed by atoms with Crippen LogP contribution in [0.15, 0.2) is 36.4 Å². The van der Waals surface area contributed by atoms with Gasteiger partial charge in [0.05, 0.1) is 18.3 Å². The Labute approximate surface area is 157 Å². The molecule has 142 valence electrons. The number of ether oxygens (including phenoxy) is 1. The molecule has 0 aromatic heterocycles. The van der Waals surface area contributed by atoms with Crippen LogP contribution in [0.4, 0.5) is 5.69 Å². The van der Waals surface area contributed by atoms with E-state index in [1.165, 1.54) is 0 Å². The summed E-state index contributed by atoms with van der Waals surface area (Å²) in [5.41, 5.74) is 1.63. The van der Waals surface area contributed by atoms with Gasteiger partial charge in [0.2, 0.25) is 11.8 Å². The number of nitrogens with zero attached hydrogens (tertiary/aromatic N) is 1. The number of hydrogen-bond donors (Lipinski definition) is 1. The van der Waals surface area contributed by atoms with Gasteiger partial charge in [-0.3, -0.25) is 24.1 Å². The lowest BCUT2D eigenvalue weighted by atomic mass is 9.85. The minimum Gasteiger partial charge on any atom is -0.456 e. The molecule has 0 bridgehead atoms. The van der Waals surface area contributed by atoms with Crippen molar-refractivity contribution in [1.29, 1.82) is 0 Å². The molecular weight excluding hydrogens is 348 g/mol. The van der Waals surface area contributed by atoms with Crippen LogP contribution in [0.3, 0.4) is 0 Å². The van der Waals surface area contributed by atoms with Gasteiger partial charge in [0.25, 0.3) is 5.91 Å². The van der Waals surface area contributed by atoms with Gasteiger partial charge in [-0.1, -0.05) is 24.3 Å². The van der Waals surface area contributed by atoms with E-state index in [9.17, 15) is 19.2 Å². The van der Waals surface area contributed by atoms with E-state index < -0.39 is 18.5 Å². The molecule has 1 saturated heterocycles. The molecule has 27 heavy (non-hydrogen) atoms. The molecule has 7 heteroatoms. The van der Waals surface area contributed by atoms with E-state index in [0.717, 1.165) is 10.5 Å². The minimum atomic E-state index is -0.622. The first kappa shape index (κ1) is 18.8. The Hall–Kier alpha value is -2.96. The van der Waals surface area contributed by atoms with Gasteiger partial charge in [0.15, 0.2) is 6.61 Å². The molecule has 1 aromatic rings. The van der Waals surface area contributed by atoms with Crippen molar-refractivity contribution in [1.82, 2.24) is 4.90 Å². The zero-order valence-corrected chi connectivity index (χ0v) is 15.1. The first-order valence-corrected chi connectivity index (χ1v) is 8.98. The number of rotatable bonds is 6. The standard InChI is InChI=1S/C20H22N2O5/c1-13-5-4-6-14(11-13)21-17(23)12-27-18(24)9-10-22-19(25)15-7-2-3-8-16(15)20(22)26/h2-6,11,15-16H,7-10,12H2,1H3,(H,21,23)/t15-,16-/m1/s1. The van der Waals surface area contributed by atoms with Gasteiger partial charge in [-0.15, -0.1) is 0 Å². The monoisotopic (exact) mass is 370 g/mol. The zero-order valence-electron chi connectivity index (χ0n) is 15.1. The summed E-state index contributed by atoms with van der Waals surface area (Å²) in [6, 6.07) is 7.27. The molecule has 0 radical (unpaired) electrons. The Morgan fingerprint density at radius 1 is 1.15 bits per heavy atom. The quantitative estimate of drug-likeness (QED) is 0.468. The number of esters is 1. The van der Waals surface area contributed by atoms with Crippen molar-refractivity contribution in [3.8, 4) is 0 Å². The predicted octanol–water partition coefficient (Wildman–Crippen LogP) is 1.82. The van der Waals surface area contributed by atoms with Crippen molar-refractivity contribution in [3.05, 3.63) is 42.0 Å². The van der Waals surface area contributed by atoms with Crippen molar-refractivity contribution >= 4 is 29.4 Å². The smallest absolute Gasteiger partial charge is 0.308 e. The van der Waals surface area contributed by atoms with Crippen molar-refractivity contribution < 1.29 is 23.9 Å². The number of amides is 3. The fourth-order valence-electron chi connectivity index (χ4n) is 3.43. The summed E-state index contributed by atoms with van der Waals surface area (Å²) in [7, 11) is 0. The lowest BCUT2D eigenvalue weighted by Crippen LogP contribution is -2.33. The van der Waals surface area contributed by atoms with E-state index in [-0.39, 0.29) is 36.6 Å². The van der Waals surface area contributed by atoms with Gasteiger partial charge in [-0.2, -0.15) is 0 Å². The highest BCUT2D eigenvalue weighted by Gasteiger charge is 2.46. The summed E-state index contributed by atoms with van der Waals surface area (Å²) >= 11 is 0. The highest BCUT2D eigenvalue weighted by Crippen LogP contribution is 2.34. The summed E-state index contributed by atoms with van der Waals surface area (Å²) in [4.78, 5) is 49.5. The van der Waals surface area contributed by atoms with E-state index in [1.807, 2.05) is 31.2 Å². The maximum Gasteiger partial charge on any atom is 0.308 e. The normalized spacial score (nSPS) is 21.1. The third kappa shape index (κ3) is 4.42. The number of hydrogen-bond acceptors (Lipinski definition) is 5. The number of fused-ring (bicyclic) bond motifs is 1. The van der Waals surface area contributed by atoms with E-state index in [0.29, 0.717) is 18.5 Å². The van der Waals surface area contributed by atoms with Crippen LogP contribution >= 0.6 is 0 Å². The molecule has 1 heterocycles. The van der Waals surface area contributed by atoms with Gasteiger partial charge >= 0.3 is 5.97 Å². The summed E-state index contributed by atoms with van der Waals surface area (Å²) < 4.78 is 4.94. The van der Waals surface area contributed by atoms with Crippen LogP contribution in [0.25, 0.3) is 0 Å². The van der Waals surface area contributed by atoms with E-state index in [1.54, 1.807) is 12.1 Å². The Bertz CT molecular complexity index is 775. The Morgan fingerprint density at radius 2 is 1.81 bits per heavy atom. The second-order valence-electron chi connectivity index (χ2n) is 6.81. The van der Waals surface area contributed by atoms with Crippen LogP contribution in [-0.2, 0) is 23.9 Å². The van der Waals surface area contributed by atoms with Gasteiger partial charge < -0.3 is 10.1 Å². The second-order valence-corrected chi connectivity index (χ2v) is 6.81. The maximum atomic E-state index is 12.3. The fraction of sp³-hybridized carbons (Fsp3) is 0.400. The number of aryl methyl sites for hydroxylation is 1. The van der Waals surface area contributed by atoms with Crippen molar-refractivity contribution in [2.45, 2.75) is 26.2 Å².